The van der Waals surface area contributed by atoms with E-state index in [4.69, 9.17) is 5.11 Å². The topological polar surface area (TPSA) is 95.1 Å². The molecule has 0 bridgehead atoms. The third-order valence-electron chi connectivity index (χ3n) is 2.68. The lowest BCUT2D eigenvalue weighted by atomic mass is 10.0. The number of hydrogen-bond donors (Lipinski definition) is 3. The highest BCUT2D eigenvalue weighted by molar-refractivity contribution is 6.03. The van der Waals surface area contributed by atoms with Crippen LogP contribution >= 0.6 is 0 Å². The van der Waals surface area contributed by atoms with Gasteiger partial charge in [-0.25, -0.2) is 9.78 Å². The van der Waals surface area contributed by atoms with Crippen molar-refractivity contribution < 1.29 is 14.7 Å². The van der Waals surface area contributed by atoms with Crippen LogP contribution in [0.5, 0.6) is 0 Å². The summed E-state index contributed by atoms with van der Waals surface area (Å²) in [5, 5.41) is 11.2. The van der Waals surface area contributed by atoms with Crippen molar-refractivity contribution in [1.82, 2.24) is 9.97 Å². The number of carboxylic acids is 1. The predicted molar refractivity (Wildman–Crippen MR) is 74.4 cm³/mol. The number of H-pyrrole nitrogens is 1. The Morgan fingerprint density at radius 1 is 1.40 bits per heavy atom. The number of amides is 1. The van der Waals surface area contributed by atoms with E-state index in [0.717, 1.165) is 11.6 Å². The molecule has 0 spiro atoms. The number of nitrogens with one attached hydrogen (secondary N) is 2. The molecule has 1 amide bonds. The van der Waals surface area contributed by atoms with Gasteiger partial charge in [0, 0.05) is 24.0 Å². The van der Waals surface area contributed by atoms with E-state index in [9.17, 15) is 9.59 Å². The predicted octanol–water partition coefficient (Wildman–Crippen LogP) is 2.07. The maximum absolute atomic E-state index is 12.0. The molecule has 1 aromatic heterocycles. The fourth-order valence-corrected chi connectivity index (χ4v) is 1.64. The number of benzene rings is 1. The lowest BCUT2D eigenvalue weighted by Crippen LogP contribution is -2.13. The van der Waals surface area contributed by atoms with E-state index in [1.165, 1.54) is 12.3 Å². The van der Waals surface area contributed by atoms with Crippen LogP contribution in [0.3, 0.4) is 0 Å². The summed E-state index contributed by atoms with van der Waals surface area (Å²) in [5.41, 5.74) is 1.99. The summed E-state index contributed by atoms with van der Waals surface area (Å²) in [6, 6.07) is 5.07. The molecule has 1 heterocycles. The molecule has 3 N–H and O–H groups in total. The van der Waals surface area contributed by atoms with E-state index in [2.05, 4.69) is 15.3 Å². The smallest absolute Gasteiger partial charge is 0.328 e. The summed E-state index contributed by atoms with van der Waals surface area (Å²) in [6.45, 7) is 1.84. The first kappa shape index (κ1) is 13.5. The Morgan fingerprint density at radius 2 is 2.20 bits per heavy atom. The normalized spacial score (nSPS) is 10.7. The number of rotatable bonds is 4. The van der Waals surface area contributed by atoms with E-state index in [0.29, 0.717) is 17.1 Å². The Kier molecular flexibility index (Phi) is 3.95. The molecule has 102 valence electrons. The average molecular weight is 271 g/mol. The van der Waals surface area contributed by atoms with Crippen molar-refractivity contribution in [3.63, 3.8) is 0 Å². The molecule has 0 aliphatic heterocycles. The van der Waals surface area contributed by atoms with Gasteiger partial charge in [-0.15, -0.1) is 0 Å². The summed E-state index contributed by atoms with van der Waals surface area (Å²) < 4.78 is 0. The van der Waals surface area contributed by atoms with E-state index >= 15 is 0 Å². The van der Waals surface area contributed by atoms with Crippen LogP contribution in [-0.2, 0) is 4.79 Å². The number of aliphatic carboxylic acids is 1. The summed E-state index contributed by atoms with van der Waals surface area (Å²) in [7, 11) is 0. The van der Waals surface area contributed by atoms with Crippen LogP contribution in [0.2, 0.25) is 0 Å². The van der Waals surface area contributed by atoms with Crippen LogP contribution in [0.25, 0.3) is 6.08 Å². The fourth-order valence-electron chi connectivity index (χ4n) is 1.64. The first-order valence-corrected chi connectivity index (χ1v) is 5.88. The second-order valence-corrected chi connectivity index (χ2v) is 4.13. The minimum atomic E-state index is -1.03. The van der Waals surface area contributed by atoms with E-state index in [1.807, 2.05) is 6.92 Å². The van der Waals surface area contributed by atoms with Crippen LogP contribution in [0.15, 0.2) is 36.7 Å². The number of aromatic amines is 1. The van der Waals surface area contributed by atoms with Gasteiger partial charge in [0.2, 0.25) is 5.95 Å². The second kappa shape index (κ2) is 5.83. The molecule has 0 saturated heterocycles. The number of carboxylic acid groups (broad SMARTS) is 1. The number of nitrogens with zero attached hydrogens (tertiary/aromatic N) is 1. The maximum Gasteiger partial charge on any atom is 0.328 e. The van der Waals surface area contributed by atoms with E-state index in [-0.39, 0.29) is 5.91 Å². The number of carbonyl (C=O) groups excluding carboxylic acids is 1. The largest absolute Gasteiger partial charge is 0.478 e. The van der Waals surface area contributed by atoms with Crippen LogP contribution in [0.4, 0.5) is 5.95 Å². The Balaban J connectivity index is 2.22. The number of carbonyl (C=O) groups is 2. The van der Waals surface area contributed by atoms with Gasteiger partial charge in [0.15, 0.2) is 0 Å². The Bertz CT molecular complexity index is 660. The molecule has 0 aliphatic carbocycles. The summed E-state index contributed by atoms with van der Waals surface area (Å²) in [4.78, 5) is 29.2. The fraction of sp³-hybridized carbons (Fsp3) is 0.0714. The monoisotopic (exact) mass is 271 g/mol. The van der Waals surface area contributed by atoms with Gasteiger partial charge < -0.3 is 10.1 Å². The van der Waals surface area contributed by atoms with Gasteiger partial charge in [-0.1, -0.05) is 6.07 Å². The zero-order valence-electron chi connectivity index (χ0n) is 10.8. The second-order valence-electron chi connectivity index (χ2n) is 4.13. The van der Waals surface area contributed by atoms with Crippen molar-refractivity contribution in [3.8, 4) is 0 Å². The highest BCUT2D eigenvalue weighted by atomic mass is 16.4. The molecule has 1 aromatic carbocycles. The van der Waals surface area contributed by atoms with Crippen molar-refractivity contribution in [3.05, 3.63) is 53.4 Å². The van der Waals surface area contributed by atoms with Crippen molar-refractivity contribution in [2.45, 2.75) is 6.92 Å². The van der Waals surface area contributed by atoms with Gasteiger partial charge in [0.05, 0.1) is 0 Å². The van der Waals surface area contributed by atoms with E-state index < -0.39 is 5.97 Å². The van der Waals surface area contributed by atoms with Gasteiger partial charge in [-0.2, -0.15) is 0 Å². The van der Waals surface area contributed by atoms with Gasteiger partial charge in [0.1, 0.15) is 0 Å². The number of anilines is 1. The highest BCUT2D eigenvalue weighted by Gasteiger charge is 2.08. The van der Waals surface area contributed by atoms with Crippen molar-refractivity contribution in [2.75, 3.05) is 5.32 Å². The van der Waals surface area contributed by atoms with Gasteiger partial charge in [0.25, 0.3) is 5.91 Å². The molecular formula is C14H13N3O3. The first-order valence-electron chi connectivity index (χ1n) is 5.88. The van der Waals surface area contributed by atoms with Crippen molar-refractivity contribution >= 4 is 23.9 Å². The van der Waals surface area contributed by atoms with Gasteiger partial charge in [-0.3, -0.25) is 10.1 Å². The molecule has 2 rings (SSSR count). The minimum absolute atomic E-state index is 0.315. The third-order valence-corrected chi connectivity index (χ3v) is 2.68. The van der Waals surface area contributed by atoms with Crippen LogP contribution in [-0.4, -0.2) is 27.0 Å². The number of imidazole rings is 1. The highest BCUT2D eigenvalue weighted by Crippen LogP contribution is 2.14. The number of aryl methyl sites for hydroxylation is 1. The van der Waals surface area contributed by atoms with Gasteiger partial charge >= 0.3 is 5.97 Å². The molecule has 0 fully saturated rings. The molecule has 0 unspecified atom stereocenters. The molecule has 6 nitrogen and oxygen atoms in total. The Morgan fingerprint density at radius 3 is 2.85 bits per heavy atom. The molecule has 6 heteroatoms. The maximum atomic E-state index is 12.0. The molecule has 0 radical (unpaired) electrons. The molecule has 0 saturated carbocycles. The lowest BCUT2D eigenvalue weighted by Gasteiger charge is -2.05. The number of aromatic nitrogens is 2. The van der Waals surface area contributed by atoms with E-state index in [1.54, 1.807) is 24.4 Å². The third kappa shape index (κ3) is 3.32. The summed E-state index contributed by atoms with van der Waals surface area (Å²) >= 11 is 0. The molecule has 20 heavy (non-hydrogen) atoms. The van der Waals surface area contributed by atoms with Gasteiger partial charge in [-0.05, 0) is 36.3 Å². The average Bonchev–Trinajstić information content (AvgIpc) is 2.90. The van der Waals surface area contributed by atoms with Crippen LogP contribution < -0.4 is 5.32 Å². The molecule has 0 atom stereocenters. The Labute approximate surface area is 115 Å². The zero-order valence-corrected chi connectivity index (χ0v) is 10.8. The minimum Gasteiger partial charge on any atom is -0.478 e. The van der Waals surface area contributed by atoms with Crippen molar-refractivity contribution in [1.29, 1.82) is 0 Å². The lowest BCUT2D eigenvalue weighted by molar-refractivity contribution is -0.131. The molecular weight excluding hydrogens is 258 g/mol. The quantitative estimate of drug-likeness (QED) is 0.742. The van der Waals surface area contributed by atoms with Crippen LogP contribution in [0.1, 0.15) is 21.5 Å². The first-order chi connectivity index (χ1) is 9.56. The SMILES string of the molecule is Cc1ccc(C(=O)Nc2ncc[nH]2)cc1/C=C/C(=O)O. The standard InChI is InChI=1S/C14H13N3O3/c1-9-2-3-11(8-10(9)4-5-12(18)19)13(20)17-14-15-6-7-16-14/h2-8H,1H3,(H,18,19)(H2,15,16,17,20)/b5-4+. The van der Waals surface area contributed by atoms with Crippen LogP contribution in [0, 0.1) is 6.92 Å². The number of hydrogen-bond acceptors (Lipinski definition) is 3. The molecule has 0 aliphatic rings. The Hall–Kier alpha value is -2.89. The zero-order chi connectivity index (χ0) is 14.5. The molecule has 2 aromatic rings. The van der Waals surface area contributed by atoms with Crippen molar-refractivity contribution in [2.24, 2.45) is 0 Å². The summed E-state index contributed by atoms with van der Waals surface area (Å²) in [6.07, 6.45) is 5.63. The summed E-state index contributed by atoms with van der Waals surface area (Å²) in [5.74, 6) is -0.988.